The molecule has 2 aromatic heterocycles. The molecule has 2 aromatic carbocycles. The lowest BCUT2D eigenvalue weighted by molar-refractivity contribution is -0.384. The Bertz CT molecular complexity index is 1320. The van der Waals surface area contributed by atoms with Crippen LogP contribution in [0, 0.1) is 10.1 Å². The van der Waals surface area contributed by atoms with Crippen molar-refractivity contribution in [3.63, 3.8) is 0 Å². The molecular weight excluding hydrogens is 450 g/mol. The molecule has 0 aliphatic carbocycles. The smallest absolute Gasteiger partial charge is 0.291 e. The van der Waals surface area contributed by atoms with Crippen molar-refractivity contribution in [2.75, 3.05) is 5.32 Å². The maximum absolute atomic E-state index is 12.7. The third kappa shape index (κ3) is 6.23. The number of aromatic nitrogens is 1. The highest BCUT2D eigenvalue weighted by Gasteiger charge is 2.16. The normalized spacial score (nSPS) is 10.7. The van der Waals surface area contributed by atoms with E-state index in [4.69, 9.17) is 13.9 Å². The van der Waals surface area contributed by atoms with Gasteiger partial charge in [-0.05, 0) is 47.9 Å². The van der Waals surface area contributed by atoms with Gasteiger partial charge in [0.2, 0.25) is 0 Å². The van der Waals surface area contributed by atoms with Crippen molar-refractivity contribution in [3.05, 3.63) is 106 Å². The first-order valence-electron chi connectivity index (χ1n) is 10.9. The van der Waals surface area contributed by atoms with Crippen molar-refractivity contribution >= 4 is 17.3 Å². The van der Waals surface area contributed by atoms with Gasteiger partial charge in [0.1, 0.15) is 29.6 Å². The molecule has 0 atom stereocenters. The van der Waals surface area contributed by atoms with E-state index < -0.39 is 10.8 Å². The summed E-state index contributed by atoms with van der Waals surface area (Å²) in [5.41, 5.74) is 1.16. The van der Waals surface area contributed by atoms with Gasteiger partial charge in [-0.25, -0.2) is 0 Å². The van der Waals surface area contributed by atoms with Crippen LogP contribution >= 0.6 is 0 Å². The van der Waals surface area contributed by atoms with Crippen LogP contribution < -0.4 is 14.8 Å². The minimum absolute atomic E-state index is 0.0417. The zero-order valence-electron chi connectivity index (χ0n) is 19.1. The first-order valence-corrected chi connectivity index (χ1v) is 10.9. The van der Waals surface area contributed by atoms with Crippen LogP contribution in [0.1, 0.15) is 41.6 Å². The SMILES string of the molecule is CC(C)c1ccc(OCc2ccc(C(=O)Nc3cc(Oc4cccnc4)cc([N+](=O)[O-])c3)o2)cc1. The first-order chi connectivity index (χ1) is 16.9. The van der Waals surface area contributed by atoms with Gasteiger partial charge < -0.3 is 19.2 Å². The molecule has 0 bridgehead atoms. The number of hydrogen-bond acceptors (Lipinski definition) is 7. The molecule has 0 spiro atoms. The Morgan fingerprint density at radius 3 is 2.54 bits per heavy atom. The molecule has 2 heterocycles. The molecule has 1 N–H and O–H groups in total. The largest absolute Gasteiger partial charge is 0.486 e. The zero-order chi connectivity index (χ0) is 24.8. The fourth-order valence-electron chi connectivity index (χ4n) is 3.24. The van der Waals surface area contributed by atoms with Crippen molar-refractivity contribution in [1.82, 2.24) is 4.98 Å². The number of furan rings is 1. The number of anilines is 1. The van der Waals surface area contributed by atoms with Gasteiger partial charge in [-0.1, -0.05) is 26.0 Å². The highest BCUT2D eigenvalue weighted by Crippen LogP contribution is 2.30. The van der Waals surface area contributed by atoms with E-state index in [2.05, 4.69) is 24.1 Å². The number of rotatable bonds is 9. The first kappa shape index (κ1) is 23.5. The molecule has 1 amide bonds. The van der Waals surface area contributed by atoms with Crippen LogP contribution in [0.2, 0.25) is 0 Å². The Kier molecular flexibility index (Phi) is 7.06. The van der Waals surface area contributed by atoms with Crippen LogP contribution in [0.3, 0.4) is 0 Å². The van der Waals surface area contributed by atoms with Crippen molar-refractivity contribution in [2.45, 2.75) is 26.4 Å². The number of carbonyl (C=O) groups is 1. The number of nitro groups is 1. The number of ether oxygens (including phenoxy) is 2. The van der Waals surface area contributed by atoms with Crippen LogP contribution in [-0.2, 0) is 6.61 Å². The number of pyridine rings is 1. The number of benzene rings is 2. The Hall–Kier alpha value is -4.66. The predicted molar refractivity (Wildman–Crippen MR) is 129 cm³/mol. The highest BCUT2D eigenvalue weighted by molar-refractivity contribution is 6.02. The van der Waals surface area contributed by atoms with Crippen molar-refractivity contribution in [3.8, 4) is 17.2 Å². The summed E-state index contributed by atoms with van der Waals surface area (Å²) in [5.74, 6) is 1.64. The highest BCUT2D eigenvalue weighted by atomic mass is 16.6. The topological polar surface area (TPSA) is 117 Å². The Morgan fingerprint density at radius 2 is 1.86 bits per heavy atom. The van der Waals surface area contributed by atoms with Crippen molar-refractivity contribution in [2.24, 2.45) is 0 Å². The van der Waals surface area contributed by atoms with Gasteiger partial charge in [0.25, 0.3) is 11.6 Å². The molecule has 0 saturated carbocycles. The molecule has 9 nitrogen and oxygen atoms in total. The maximum atomic E-state index is 12.7. The minimum atomic E-state index is -0.568. The average Bonchev–Trinajstić information content (AvgIpc) is 3.33. The maximum Gasteiger partial charge on any atom is 0.291 e. The minimum Gasteiger partial charge on any atom is -0.486 e. The number of nitrogens with zero attached hydrogens (tertiary/aromatic N) is 2. The molecule has 9 heteroatoms. The van der Waals surface area contributed by atoms with Gasteiger partial charge in [-0.2, -0.15) is 0 Å². The molecule has 35 heavy (non-hydrogen) atoms. The summed E-state index contributed by atoms with van der Waals surface area (Å²) in [4.78, 5) is 27.4. The second-order valence-electron chi connectivity index (χ2n) is 8.00. The number of non-ortho nitro benzene ring substituents is 1. The van der Waals surface area contributed by atoms with Crippen LogP contribution in [0.4, 0.5) is 11.4 Å². The Balaban J connectivity index is 1.42. The van der Waals surface area contributed by atoms with Gasteiger partial charge in [0.15, 0.2) is 5.76 Å². The van der Waals surface area contributed by atoms with E-state index >= 15 is 0 Å². The summed E-state index contributed by atoms with van der Waals surface area (Å²) in [6.45, 7) is 4.38. The Morgan fingerprint density at radius 1 is 1.06 bits per heavy atom. The zero-order valence-corrected chi connectivity index (χ0v) is 19.1. The fourth-order valence-corrected chi connectivity index (χ4v) is 3.24. The van der Waals surface area contributed by atoms with E-state index in [-0.39, 0.29) is 29.5 Å². The fraction of sp³-hybridized carbons (Fsp3) is 0.154. The number of nitrogens with one attached hydrogen (secondary N) is 1. The number of carbonyl (C=O) groups excluding carboxylic acids is 1. The molecule has 4 aromatic rings. The van der Waals surface area contributed by atoms with Gasteiger partial charge in [0.05, 0.1) is 22.9 Å². The molecule has 4 rings (SSSR count). The van der Waals surface area contributed by atoms with Crippen LogP contribution in [0.25, 0.3) is 0 Å². The summed E-state index contributed by atoms with van der Waals surface area (Å²) in [6, 6.07) is 18.3. The van der Waals surface area contributed by atoms with Gasteiger partial charge in [-0.3, -0.25) is 19.9 Å². The number of nitro benzene ring substituents is 1. The summed E-state index contributed by atoms with van der Waals surface area (Å²) in [5, 5.41) is 14.0. The summed E-state index contributed by atoms with van der Waals surface area (Å²) in [7, 11) is 0. The quantitative estimate of drug-likeness (QED) is 0.223. The monoisotopic (exact) mass is 473 g/mol. The molecule has 0 fully saturated rings. The Labute approximate surface area is 201 Å². The molecule has 0 aliphatic heterocycles. The molecule has 0 unspecified atom stereocenters. The van der Waals surface area contributed by atoms with E-state index in [1.807, 2.05) is 24.3 Å². The predicted octanol–water partition coefficient (Wildman–Crippen LogP) is 6.33. The van der Waals surface area contributed by atoms with E-state index in [9.17, 15) is 14.9 Å². The van der Waals surface area contributed by atoms with Crippen molar-refractivity contribution < 1.29 is 23.6 Å². The van der Waals surface area contributed by atoms with E-state index in [1.165, 1.54) is 36.0 Å². The van der Waals surface area contributed by atoms with Crippen molar-refractivity contribution in [1.29, 1.82) is 0 Å². The van der Waals surface area contributed by atoms with Crippen LogP contribution in [-0.4, -0.2) is 15.8 Å². The second kappa shape index (κ2) is 10.5. The van der Waals surface area contributed by atoms with E-state index in [0.717, 1.165) is 0 Å². The summed E-state index contributed by atoms with van der Waals surface area (Å²) >= 11 is 0. The third-order valence-corrected chi connectivity index (χ3v) is 5.04. The number of hydrogen-bond donors (Lipinski definition) is 1. The summed E-state index contributed by atoms with van der Waals surface area (Å²) in [6.07, 6.45) is 3.05. The number of amides is 1. The third-order valence-electron chi connectivity index (χ3n) is 5.04. The molecule has 178 valence electrons. The van der Waals surface area contributed by atoms with Gasteiger partial charge in [-0.15, -0.1) is 0 Å². The van der Waals surface area contributed by atoms with Gasteiger partial charge >= 0.3 is 0 Å². The molecule has 0 radical (unpaired) electrons. The molecule has 0 aliphatic rings. The second-order valence-corrected chi connectivity index (χ2v) is 8.00. The summed E-state index contributed by atoms with van der Waals surface area (Å²) < 4.78 is 17.0. The lowest BCUT2D eigenvalue weighted by Gasteiger charge is -2.09. The lowest BCUT2D eigenvalue weighted by Crippen LogP contribution is -2.11. The standard InChI is InChI=1S/C26H23N3O6/c1-17(2)18-5-7-21(8-6-18)33-16-23-9-10-25(35-23)26(30)28-19-12-20(29(31)32)14-24(13-19)34-22-4-3-11-27-15-22/h3-15,17H,16H2,1-2H3,(H,28,30). The van der Waals surface area contributed by atoms with Crippen LogP contribution in [0.5, 0.6) is 17.2 Å². The van der Waals surface area contributed by atoms with E-state index in [1.54, 1.807) is 24.4 Å². The lowest BCUT2D eigenvalue weighted by atomic mass is 10.0. The van der Waals surface area contributed by atoms with Crippen LogP contribution in [0.15, 0.2) is 83.5 Å². The van der Waals surface area contributed by atoms with Gasteiger partial charge in [0, 0.05) is 18.3 Å². The molecule has 0 saturated heterocycles. The average molecular weight is 473 g/mol. The van der Waals surface area contributed by atoms with E-state index in [0.29, 0.717) is 23.2 Å². The molecular formula is C26H23N3O6.